The first-order valence-corrected chi connectivity index (χ1v) is 11.1. The van der Waals surface area contributed by atoms with Crippen LogP contribution in [0.5, 0.6) is 0 Å². The molecular formula is C25H26ClN3O3. The number of furan rings is 1. The average Bonchev–Trinajstić information content (AvgIpc) is 3.33. The zero-order valence-corrected chi connectivity index (χ0v) is 18.7. The van der Waals surface area contributed by atoms with E-state index in [1.165, 1.54) is 0 Å². The molecule has 1 N–H and O–H groups in total. The minimum atomic E-state index is -0.123. The van der Waals surface area contributed by atoms with Crippen molar-refractivity contribution in [1.29, 1.82) is 0 Å². The fourth-order valence-electron chi connectivity index (χ4n) is 4.02. The predicted octanol–water partition coefficient (Wildman–Crippen LogP) is 5.62. The Morgan fingerprint density at radius 2 is 1.97 bits per heavy atom. The molecule has 6 nitrogen and oxygen atoms in total. The van der Waals surface area contributed by atoms with Crippen molar-refractivity contribution in [3.8, 4) is 0 Å². The van der Waals surface area contributed by atoms with Crippen molar-refractivity contribution in [3.05, 3.63) is 88.8 Å². The van der Waals surface area contributed by atoms with E-state index in [9.17, 15) is 9.59 Å². The Morgan fingerprint density at radius 1 is 1.16 bits per heavy atom. The van der Waals surface area contributed by atoms with E-state index >= 15 is 0 Å². The smallest absolute Gasteiger partial charge is 0.321 e. The Bertz CT molecular complexity index is 1070. The van der Waals surface area contributed by atoms with Crippen LogP contribution in [0.1, 0.15) is 40.4 Å². The summed E-state index contributed by atoms with van der Waals surface area (Å²) in [4.78, 5) is 29.1. The van der Waals surface area contributed by atoms with Crippen LogP contribution in [-0.4, -0.2) is 41.9 Å². The predicted molar refractivity (Wildman–Crippen MR) is 125 cm³/mol. The van der Waals surface area contributed by atoms with Gasteiger partial charge in [0.25, 0.3) is 5.91 Å². The van der Waals surface area contributed by atoms with Crippen LogP contribution >= 0.6 is 11.6 Å². The summed E-state index contributed by atoms with van der Waals surface area (Å²) < 4.78 is 5.35. The molecule has 2 aromatic carbocycles. The number of carbonyl (C=O) groups is 2. The van der Waals surface area contributed by atoms with Crippen molar-refractivity contribution in [2.45, 2.75) is 25.3 Å². The molecule has 32 heavy (non-hydrogen) atoms. The highest BCUT2D eigenvalue weighted by molar-refractivity contribution is 6.30. The molecule has 3 aromatic rings. The topological polar surface area (TPSA) is 65.8 Å². The molecule has 1 fully saturated rings. The lowest BCUT2D eigenvalue weighted by Gasteiger charge is -2.33. The van der Waals surface area contributed by atoms with Crippen molar-refractivity contribution < 1.29 is 14.0 Å². The van der Waals surface area contributed by atoms with Gasteiger partial charge < -0.3 is 19.5 Å². The maximum atomic E-state index is 12.9. The van der Waals surface area contributed by atoms with Gasteiger partial charge in [-0.05, 0) is 66.9 Å². The second-order valence-electron chi connectivity index (χ2n) is 8.09. The fourth-order valence-corrected chi connectivity index (χ4v) is 4.15. The van der Waals surface area contributed by atoms with Crippen LogP contribution in [0.25, 0.3) is 0 Å². The third-order valence-corrected chi connectivity index (χ3v) is 5.98. The molecule has 0 bridgehead atoms. The van der Waals surface area contributed by atoms with Crippen LogP contribution in [0.2, 0.25) is 5.02 Å². The third kappa shape index (κ3) is 5.32. The number of likely N-dealkylation sites (tertiary alicyclic amines) is 1. The normalized spacial score (nSPS) is 15.9. The highest BCUT2D eigenvalue weighted by Gasteiger charge is 2.25. The van der Waals surface area contributed by atoms with Crippen molar-refractivity contribution >= 4 is 29.2 Å². The summed E-state index contributed by atoms with van der Waals surface area (Å²) in [5, 5.41) is 3.56. The molecule has 1 aliphatic rings. The maximum Gasteiger partial charge on any atom is 0.321 e. The van der Waals surface area contributed by atoms with Crippen LogP contribution in [-0.2, 0) is 6.54 Å². The van der Waals surface area contributed by atoms with Crippen molar-refractivity contribution in [1.82, 2.24) is 9.80 Å². The number of nitrogens with zero attached hydrogens (tertiary/aromatic N) is 2. The first-order valence-electron chi connectivity index (χ1n) is 10.7. The van der Waals surface area contributed by atoms with Gasteiger partial charge in [0.15, 0.2) is 0 Å². The lowest BCUT2D eigenvalue weighted by molar-refractivity contribution is 0.0775. The van der Waals surface area contributed by atoms with E-state index in [1.807, 2.05) is 41.3 Å². The number of carbonyl (C=O) groups excluding carboxylic acids is 2. The molecule has 1 aliphatic heterocycles. The zero-order chi connectivity index (χ0) is 22.5. The number of halogens is 1. The van der Waals surface area contributed by atoms with Gasteiger partial charge >= 0.3 is 6.03 Å². The number of amides is 3. The first kappa shape index (κ1) is 22.0. The molecule has 3 amide bonds. The monoisotopic (exact) mass is 451 g/mol. The molecule has 1 unspecified atom stereocenters. The summed E-state index contributed by atoms with van der Waals surface area (Å²) in [5.74, 6) is 0.867. The standard InChI is InChI=1S/C25H26ClN3O3/c1-28(17-23-8-4-14-32-23)24(30)19-6-2-5-18(15-19)20-7-3-13-29(16-20)25(31)27-22-11-9-21(26)10-12-22/h2,4-6,8-12,14-15,20H,3,7,13,16-17H2,1H3,(H,27,31). The largest absolute Gasteiger partial charge is 0.467 e. The molecule has 7 heteroatoms. The molecule has 0 aliphatic carbocycles. The maximum absolute atomic E-state index is 12.9. The van der Waals surface area contributed by atoms with Gasteiger partial charge in [0.05, 0.1) is 12.8 Å². The van der Waals surface area contributed by atoms with E-state index in [4.69, 9.17) is 16.0 Å². The van der Waals surface area contributed by atoms with E-state index in [0.717, 1.165) is 24.2 Å². The summed E-state index contributed by atoms with van der Waals surface area (Å²) in [6.07, 6.45) is 3.49. The summed E-state index contributed by atoms with van der Waals surface area (Å²) in [6.45, 7) is 1.73. The second-order valence-corrected chi connectivity index (χ2v) is 8.52. The second kappa shape index (κ2) is 9.92. The van der Waals surface area contributed by atoms with Crippen LogP contribution in [0, 0.1) is 0 Å². The summed E-state index contributed by atoms with van der Waals surface area (Å²) in [5.41, 5.74) is 2.43. The highest BCUT2D eigenvalue weighted by Crippen LogP contribution is 2.28. The minimum absolute atomic E-state index is 0.0589. The van der Waals surface area contributed by atoms with Crippen molar-refractivity contribution in [2.24, 2.45) is 0 Å². The van der Waals surface area contributed by atoms with Crippen LogP contribution in [0.3, 0.4) is 0 Å². The average molecular weight is 452 g/mol. The van der Waals surface area contributed by atoms with Gasteiger partial charge in [-0.15, -0.1) is 0 Å². The molecule has 1 saturated heterocycles. The van der Waals surface area contributed by atoms with Gasteiger partial charge in [0.1, 0.15) is 5.76 Å². The van der Waals surface area contributed by atoms with Gasteiger partial charge in [0, 0.05) is 42.3 Å². The van der Waals surface area contributed by atoms with E-state index in [-0.39, 0.29) is 17.9 Å². The number of urea groups is 1. The molecule has 0 spiro atoms. The van der Waals surface area contributed by atoms with Gasteiger partial charge in [-0.1, -0.05) is 23.7 Å². The number of benzene rings is 2. The molecule has 4 rings (SSSR count). The van der Waals surface area contributed by atoms with E-state index in [2.05, 4.69) is 5.32 Å². The third-order valence-electron chi connectivity index (χ3n) is 5.73. The number of hydrogen-bond acceptors (Lipinski definition) is 3. The SMILES string of the molecule is CN(Cc1ccco1)C(=O)c1cccc(C2CCCN(C(=O)Nc3ccc(Cl)cc3)C2)c1. The Balaban J connectivity index is 1.41. The summed E-state index contributed by atoms with van der Waals surface area (Å²) in [6, 6.07) is 18.4. The molecule has 1 atom stereocenters. The van der Waals surface area contributed by atoms with Crippen molar-refractivity contribution in [3.63, 3.8) is 0 Å². The van der Waals surface area contributed by atoms with Gasteiger partial charge in [-0.3, -0.25) is 4.79 Å². The molecule has 2 heterocycles. The summed E-state index contributed by atoms with van der Waals surface area (Å²) >= 11 is 5.92. The Morgan fingerprint density at radius 3 is 2.72 bits per heavy atom. The van der Waals surface area contributed by atoms with Crippen LogP contribution in [0.4, 0.5) is 10.5 Å². The van der Waals surface area contributed by atoms with Crippen LogP contribution < -0.4 is 5.32 Å². The van der Waals surface area contributed by atoms with E-state index in [1.54, 1.807) is 42.5 Å². The van der Waals surface area contributed by atoms with Crippen LogP contribution in [0.15, 0.2) is 71.3 Å². The Labute approximate surface area is 192 Å². The number of anilines is 1. The lowest BCUT2D eigenvalue weighted by atomic mass is 9.89. The summed E-state index contributed by atoms with van der Waals surface area (Å²) in [7, 11) is 1.76. The van der Waals surface area contributed by atoms with Gasteiger partial charge in [-0.25, -0.2) is 4.79 Å². The van der Waals surface area contributed by atoms with Gasteiger partial charge in [0.2, 0.25) is 0 Å². The zero-order valence-electron chi connectivity index (χ0n) is 18.0. The number of piperidine rings is 1. The Hall–Kier alpha value is -3.25. The highest BCUT2D eigenvalue weighted by atomic mass is 35.5. The first-order chi connectivity index (χ1) is 15.5. The quantitative estimate of drug-likeness (QED) is 0.547. The lowest BCUT2D eigenvalue weighted by Crippen LogP contribution is -2.41. The minimum Gasteiger partial charge on any atom is -0.467 e. The molecule has 166 valence electrons. The molecular weight excluding hydrogens is 426 g/mol. The molecule has 0 saturated carbocycles. The Kier molecular flexibility index (Phi) is 6.81. The fraction of sp³-hybridized carbons (Fsp3) is 0.280. The van der Waals surface area contributed by atoms with E-state index < -0.39 is 0 Å². The molecule has 1 aromatic heterocycles. The number of nitrogens with one attached hydrogen (secondary N) is 1. The number of rotatable bonds is 5. The number of hydrogen-bond donors (Lipinski definition) is 1. The van der Waals surface area contributed by atoms with E-state index in [0.29, 0.717) is 35.9 Å². The van der Waals surface area contributed by atoms with Gasteiger partial charge in [-0.2, -0.15) is 0 Å². The van der Waals surface area contributed by atoms with Crippen molar-refractivity contribution in [2.75, 3.05) is 25.5 Å². The molecule has 0 radical (unpaired) electrons.